The SMILES string of the molecule is COc1ccc(CNc2ccc(C)cc2)o1. The molecule has 0 aliphatic heterocycles. The van der Waals surface area contributed by atoms with E-state index in [0.717, 1.165) is 11.4 Å². The fraction of sp³-hybridized carbons (Fsp3) is 0.231. The van der Waals surface area contributed by atoms with Gasteiger partial charge in [0.2, 0.25) is 0 Å². The molecule has 16 heavy (non-hydrogen) atoms. The number of aryl methyl sites for hydroxylation is 1. The zero-order chi connectivity index (χ0) is 11.4. The van der Waals surface area contributed by atoms with E-state index in [2.05, 4.69) is 36.5 Å². The van der Waals surface area contributed by atoms with Crippen LogP contribution in [0.15, 0.2) is 40.8 Å². The van der Waals surface area contributed by atoms with Crippen LogP contribution < -0.4 is 10.1 Å². The van der Waals surface area contributed by atoms with Gasteiger partial charge in [-0.1, -0.05) is 17.7 Å². The van der Waals surface area contributed by atoms with Crippen molar-refractivity contribution in [1.82, 2.24) is 0 Å². The van der Waals surface area contributed by atoms with Crippen molar-refractivity contribution in [3.63, 3.8) is 0 Å². The van der Waals surface area contributed by atoms with Crippen LogP contribution >= 0.6 is 0 Å². The molecule has 0 fully saturated rings. The van der Waals surface area contributed by atoms with Crippen molar-refractivity contribution in [2.75, 3.05) is 12.4 Å². The maximum atomic E-state index is 5.39. The Kier molecular flexibility index (Phi) is 3.15. The van der Waals surface area contributed by atoms with E-state index in [-0.39, 0.29) is 0 Å². The number of methoxy groups -OCH3 is 1. The summed E-state index contributed by atoms with van der Waals surface area (Å²) in [5.74, 6) is 1.40. The molecule has 0 amide bonds. The van der Waals surface area contributed by atoms with Crippen molar-refractivity contribution in [3.8, 4) is 5.95 Å². The van der Waals surface area contributed by atoms with Crippen molar-refractivity contribution >= 4 is 5.69 Å². The predicted molar refractivity (Wildman–Crippen MR) is 63.8 cm³/mol. The minimum atomic E-state index is 0.542. The van der Waals surface area contributed by atoms with E-state index in [4.69, 9.17) is 9.15 Å². The molecular formula is C13H15NO2. The average molecular weight is 217 g/mol. The third kappa shape index (κ3) is 2.57. The zero-order valence-electron chi connectivity index (χ0n) is 9.49. The lowest BCUT2D eigenvalue weighted by atomic mass is 10.2. The van der Waals surface area contributed by atoms with Gasteiger partial charge in [-0.05, 0) is 25.1 Å². The topological polar surface area (TPSA) is 34.4 Å². The smallest absolute Gasteiger partial charge is 0.284 e. The van der Waals surface area contributed by atoms with Gasteiger partial charge >= 0.3 is 0 Å². The van der Waals surface area contributed by atoms with Gasteiger partial charge in [-0.15, -0.1) is 0 Å². The number of anilines is 1. The number of furan rings is 1. The Balaban J connectivity index is 1.94. The Morgan fingerprint density at radius 2 is 1.88 bits per heavy atom. The van der Waals surface area contributed by atoms with E-state index in [0.29, 0.717) is 12.5 Å². The van der Waals surface area contributed by atoms with E-state index in [1.807, 2.05) is 12.1 Å². The van der Waals surface area contributed by atoms with Crippen LogP contribution in [0.4, 0.5) is 5.69 Å². The minimum absolute atomic E-state index is 0.542. The summed E-state index contributed by atoms with van der Waals surface area (Å²) in [4.78, 5) is 0. The standard InChI is InChI=1S/C13H15NO2/c1-10-3-5-11(6-4-10)14-9-12-7-8-13(15-2)16-12/h3-8,14H,9H2,1-2H3. The molecule has 0 unspecified atom stereocenters. The van der Waals surface area contributed by atoms with Gasteiger partial charge in [0, 0.05) is 11.8 Å². The van der Waals surface area contributed by atoms with Gasteiger partial charge in [-0.2, -0.15) is 0 Å². The van der Waals surface area contributed by atoms with E-state index in [9.17, 15) is 0 Å². The third-order valence-electron chi connectivity index (χ3n) is 2.36. The van der Waals surface area contributed by atoms with Crippen LogP contribution in [0.3, 0.4) is 0 Å². The second kappa shape index (κ2) is 4.75. The Labute approximate surface area is 95.0 Å². The Bertz CT molecular complexity index is 445. The van der Waals surface area contributed by atoms with Crippen molar-refractivity contribution in [3.05, 3.63) is 47.7 Å². The number of nitrogens with one attached hydrogen (secondary N) is 1. The van der Waals surface area contributed by atoms with Gasteiger partial charge in [0.15, 0.2) is 0 Å². The van der Waals surface area contributed by atoms with Crippen molar-refractivity contribution in [2.24, 2.45) is 0 Å². The third-order valence-corrected chi connectivity index (χ3v) is 2.36. The maximum absolute atomic E-state index is 5.39. The number of rotatable bonds is 4. The molecule has 0 bridgehead atoms. The lowest BCUT2D eigenvalue weighted by molar-refractivity contribution is 0.295. The van der Waals surface area contributed by atoms with E-state index >= 15 is 0 Å². The first-order chi connectivity index (χ1) is 7.78. The molecular weight excluding hydrogens is 202 g/mol. The van der Waals surface area contributed by atoms with Gasteiger partial charge in [0.25, 0.3) is 5.95 Å². The van der Waals surface area contributed by atoms with Crippen LogP contribution in [-0.4, -0.2) is 7.11 Å². The van der Waals surface area contributed by atoms with Gasteiger partial charge in [-0.25, -0.2) is 0 Å². The van der Waals surface area contributed by atoms with E-state index in [1.165, 1.54) is 5.56 Å². The van der Waals surface area contributed by atoms with Crippen LogP contribution in [0.2, 0.25) is 0 Å². The molecule has 1 heterocycles. The molecule has 1 N–H and O–H groups in total. The largest absolute Gasteiger partial charge is 0.468 e. The number of hydrogen-bond donors (Lipinski definition) is 1. The zero-order valence-corrected chi connectivity index (χ0v) is 9.49. The van der Waals surface area contributed by atoms with Gasteiger partial charge < -0.3 is 14.5 Å². The average Bonchev–Trinajstić information content (AvgIpc) is 2.76. The van der Waals surface area contributed by atoms with Crippen LogP contribution in [0.1, 0.15) is 11.3 Å². The Morgan fingerprint density at radius 3 is 2.50 bits per heavy atom. The summed E-state index contributed by atoms with van der Waals surface area (Å²) < 4.78 is 10.4. The lowest BCUT2D eigenvalue weighted by Gasteiger charge is -2.04. The highest BCUT2D eigenvalue weighted by atomic mass is 16.6. The molecule has 0 aliphatic carbocycles. The predicted octanol–water partition coefficient (Wildman–Crippen LogP) is 3.21. The first-order valence-corrected chi connectivity index (χ1v) is 5.21. The highest BCUT2D eigenvalue weighted by molar-refractivity contribution is 5.44. The van der Waals surface area contributed by atoms with Crippen molar-refractivity contribution in [2.45, 2.75) is 13.5 Å². The van der Waals surface area contributed by atoms with E-state index in [1.54, 1.807) is 7.11 Å². The summed E-state index contributed by atoms with van der Waals surface area (Å²) in [5, 5.41) is 3.28. The Hall–Kier alpha value is -1.90. The monoisotopic (exact) mass is 217 g/mol. The molecule has 3 heteroatoms. The number of benzene rings is 1. The second-order valence-corrected chi connectivity index (χ2v) is 3.64. The molecule has 0 spiro atoms. The molecule has 3 nitrogen and oxygen atoms in total. The highest BCUT2D eigenvalue weighted by Crippen LogP contribution is 2.16. The number of ether oxygens (including phenoxy) is 1. The van der Waals surface area contributed by atoms with E-state index < -0.39 is 0 Å². The van der Waals surface area contributed by atoms with Gasteiger partial charge in [-0.3, -0.25) is 0 Å². The maximum Gasteiger partial charge on any atom is 0.284 e. The fourth-order valence-corrected chi connectivity index (χ4v) is 1.42. The van der Waals surface area contributed by atoms with Gasteiger partial charge in [0.05, 0.1) is 13.7 Å². The normalized spacial score (nSPS) is 10.1. The van der Waals surface area contributed by atoms with Crippen molar-refractivity contribution < 1.29 is 9.15 Å². The summed E-state index contributed by atoms with van der Waals surface area (Å²) in [7, 11) is 1.59. The summed E-state index contributed by atoms with van der Waals surface area (Å²) in [6.45, 7) is 2.73. The highest BCUT2D eigenvalue weighted by Gasteiger charge is 2.00. The molecule has 0 saturated heterocycles. The fourth-order valence-electron chi connectivity index (χ4n) is 1.42. The molecule has 2 aromatic rings. The molecule has 0 atom stereocenters. The first kappa shape index (κ1) is 10.6. The molecule has 1 aromatic heterocycles. The lowest BCUT2D eigenvalue weighted by Crippen LogP contribution is -1.97. The summed E-state index contributed by atoms with van der Waals surface area (Å²) >= 11 is 0. The second-order valence-electron chi connectivity index (χ2n) is 3.64. The van der Waals surface area contributed by atoms with Crippen LogP contribution in [0.25, 0.3) is 0 Å². The molecule has 0 radical (unpaired) electrons. The molecule has 2 rings (SSSR count). The summed E-state index contributed by atoms with van der Waals surface area (Å²) in [6.07, 6.45) is 0. The minimum Gasteiger partial charge on any atom is -0.468 e. The summed E-state index contributed by atoms with van der Waals surface area (Å²) in [6, 6.07) is 12.0. The quantitative estimate of drug-likeness (QED) is 0.853. The van der Waals surface area contributed by atoms with Crippen LogP contribution in [0.5, 0.6) is 5.95 Å². The molecule has 1 aromatic carbocycles. The summed E-state index contributed by atoms with van der Waals surface area (Å²) in [5.41, 5.74) is 2.34. The Morgan fingerprint density at radius 1 is 1.12 bits per heavy atom. The van der Waals surface area contributed by atoms with Crippen LogP contribution in [-0.2, 0) is 6.54 Å². The first-order valence-electron chi connectivity index (χ1n) is 5.21. The van der Waals surface area contributed by atoms with Gasteiger partial charge in [0.1, 0.15) is 5.76 Å². The van der Waals surface area contributed by atoms with Crippen molar-refractivity contribution in [1.29, 1.82) is 0 Å². The number of hydrogen-bond acceptors (Lipinski definition) is 3. The molecule has 0 saturated carbocycles. The molecule has 84 valence electrons. The molecule has 0 aliphatic rings. The van der Waals surface area contributed by atoms with Crippen LogP contribution in [0, 0.1) is 6.92 Å².